The van der Waals surface area contributed by atoms with Gasteiger partial charge in [0.05, 0.1) is 16.8 Å². The number of nitrogens with zero attached hydrogens (tertiary/aromatic N) is 3. The van der Waals surface area contributed by atoms with Crippen LogP contribution in [0, 0.1) is 0 Å². The smallest absolute Gasteiger partial charge is 0.170 e. The van der Waals surface area contributed by atoms with Gasteiger partial charge in [-0.3, -0.25) is 0 Å². The van der Waals surface area contributed by atoms with E-state index < -0.39 is 0 Å². The molecule has 1 atom stereocenters. The van der Waals surface area contributed by atoms with E-state index >= 15 is 0 Å². The summed E-state index contributed by atoms with van der Waals surface area (Å²) in [7, 11) is 0. The third kappa shape index (κ3) is 1.63. The number of fused-ring (bicyclic) bond motifs is 1. The van der Waals surface area contributed by atoms with Crippen molar-refractivity contribution in [3.63, 3.8) is 0 Å². The molecular formula is C10H9BrClN3O. The molecule has 6 heteroatoms. The van der Waals surface area contributed by atoms with Crippen LogP contribution in [0.15, 0.2) is 16.9 Å². The van der Waals surface area contributed by atoms with Gasteiger partial charge in [0.15, 0.2) is 5.65 Å². The topological polar surface area (TPSA) is 39.4 Å². The Kier molecular flexibility index (Phi) is 2.61. The fourth-order valence-corrected chi connectivity index (χ4v) is 2.53. The van der Waals surface area contributed by atoms with E-state index in [1.807, 2.05) is 6.20 Å². The van der Waals surface area contributed by atoms with E-state index in [1.165, 1.54) is 0 Å². The van der Waals surface area contributed by atoms with Crippen LogP contribution in [0.3, 0.4) is 0 Å². The molecule has 1 fully saturated rings. The SMILES string of the molecule is Clc1nc2c(Br)cnn2cc1C1CCCO1. The van der Waals surface area contributed by atoms with Crippen molar-refractivity contribution in [2.45, 2.75) is 18.9 Å². The van der Waals surface area contributed by atoms with Gasteiger partial charge in [-0.15, -0.1) is 0 Å². The minimum absolute atomic E-state index is 0.0624. The van der Waals surface area contributed by atoms with Gasteiger partial charge in [-0.05, 0) is 28.8 Å². The molecule has 0 radical (unpaired) electrons. The van der Waals surface area contributed by atoms with E-state index in [1.54, 1.807) is 10.7 Å². The number of rotatable bonds is 1. The van der Waals surface area contributed by atoms with Crippen molar-refractivity contribution in [1.82, 2.24) is 14.6 Å². The molecule has 0 N–H and O–H groups in total. The molecule has 3 heterocycles. The van der Waals surface area contributed by atoms with Crippen LogP contribution in [-0.4, -0.2) is 21.2 Å². The number of hydrogen-bond donors (Lipinski definition) is 0. The van der Waals surface area contributed by atoms with Crippen LogP contribution in [0.5, 0.6) is 0 Å². The molecule has 0 amide bonds. The molecule has 3 rings (SSSR count). The van der Waals surface area contributed by atoms with E-state index in [0.29, 0.717) is 5.15 Å². The van der Waals surface area contributed by atoms with Crippen molar-refractivity contribution in [2.24, 2.45) is 0 Å². The molecule has 0 aliphatic carbocycles. The lowest BCUT2D eigenvalue weighted by atomic mass is 10.1. The maximum atomic E-state index is 6.16. The fourth-order valence-electron chi connectivity index (χ4n) is 1.92. The lowest BCUT2D eigenvalue weighted by molar-refractivity contribution is 0.111. The summed E-state index contributed by atoms with van der Waals surface area (Å²) in [6, 6.07) is 0. The van der Waals surface area contributed by atoms with Gasteiger partial charge in [0.25, 0.3) is 0 Å². The molecular weight excluding hydrogens is 293 g/mol. The van der Waals surface area contributed by atoms with Crippen molar-refractivity contribution < 1.29 is 4.74 Å². The molecule has 0 aromatic carbocycles. The van der Waals surface area contributed by atoms with Crippen molar-refractivity contribution >= 4 is 33.2 Å². The molecule has 2 aromatic rings. The Hall–Kier alpha value is -0.650. The van der Waals surface area contributed by atoms with Crippen LogP contribution in [0.1, 0.15) is 24.5 Å². The van der Waals surface area contributed by atoms with Gasteiger partial charge in [0.2, 0.25) is 0 Å². The van der Waals surface area contributed by atoms with Crippen LogP contribution >= 0.6 is 27.5 Å². The highest BCUT2D eigenvalue weighted by Gasteiger charge is 2.22. The maximum Gasteiger partial charge on any atom is 0.170 e. The number of ether oxygens (including phenoxy) is 1. The fraction of sp³-hybridized carbons (Fsp3) is 0.400. The van der Waals surface area contributed by atoms with Crippen molar-refractivity contribution in [3.05, 3.63) is 27.6 Å². The lowest BCUT2D eigenvalue weighted by Gasteiger charge is -2.11. The van der Waals surface area contributed by atoms with Gasteiger partial charge in [-0.25, -0.2) is 9.50 Å². The van der Waals surface area contributed by atoms with E-state index in [4.69, 9.17) is 16.3 Å². The molecule has 16 heavy (non-hydrogen) atoms. The molecule has 4 nitrogen and oxygen atoms in total. The molecule has 0 saturated carbocycles. The Bertz CT molecular complexity index is 536. The standard InChI is InChI=1S/C10H9BrClN3O/c11-7-4-13-15-5-6(8-2-1-3-16-8)9(12)14-10(7)15/h4-5,8H,1-3H2. The van der Waals surface area contributed by atoms with Crippen molar-refractivity contribution in [3.8, 4) is 0 Å². The minimum Gasteiger partial charge on any atom is -0.373 e. The average molecular weight is 303 g/mol. The predicted octanol–water partition coefficient (Wildman–Crippen LogP) is 3.00. The first-order valence-electron chi connectivity index (χ1n) is 5.06. The number of hydrogen-bond acceptors (Lipinski definition) is 3. The highest BCUT2D eigenvalue weighted by molar-refractivity contribution is 9.10. The largest absolute Gasteiger partial charge is 0.373 e. The number of aromatic nitrogens is 3. The molecule has 84 valence electrons. The van der Waals surface area contributed by atoms with Crippen LogP contribution < -0.4 is 0 Å². The lowest BCUT2D eigenvalue weighted by Crippen LogP contribution is -2.02. The summed E-state index contributed by atoms with van der Waals surface area (Å²) in [5.41, 5.74) is 1.65. The second-order valence-electron chi connectivity index (χ2n) is 3.75. The van der Waals surface area contributed by atoms with Gasteiger partial charge >= 0.3 is 0 Å². The Morgan fingerprint density at radius 2 is 2.44 bits per heavy atom. The third-order valence-electron chi connectivity index (χ3n) is 2.71. The third-order valence-corrected chi connectivity index (χ3v) is 3.57. The summed E-state index contributed by atoms with van der Waals surface area (Å²) in [5.74, 6) is 0. The summed E-state index contributed by atoms with van der Waals surface area (Å²) >= 11 is 9.53. The summed E-state index contributed by atoms with van der Waals surface area (Å²) in [6.07, 6.45) is 5.73. The van der Waals surface area contributed by atoms with E-state index in [9.17, 15) is 0 Å². The quantitative estimate of drug-likeness (QED) is 0.760. The Morgan fingerprint density at radius 1 is 1.56 bits per heavy atom. The summed E-state index contributed by atoms with van der Waals surface area (Å²) in [5, 5.41) is 4.69. The number of halogens is 2. The second kappa shape index (κ2) is 3.98. The van der Waals surface area contributed by atoms with Crippen LogP contribution in [0.4, 0.5) is 0 Å². The van der Waals surface area contributed by atoms with E-state index in [0.717, 1.165) is 35.1 Å². The van der Waals surface area contributed by atoms with E-state index in [2.05, 4.69) is 26.0 Å². The van der Waals surface area contributed by atoms with Gasteiger partial charge in [-0.1, -0.05) is 11.6 Å². The summed E-state index contributed by atoms with van der Waals surface area (Å²) in [4.78, 5) is 4.32. The molecule has 2 aromatic heterocycles. The molecule has 1 aliphatic rings. The predicted molar refractivity (Wildman–Crippen MR) is 63.6 cm³/mol. The zero-order valence-electron chi connectivity index (χ0n) is 8.36. The summed E-state index contributed by atoms with van der Waals surface area (Å²) in [6.45, 7) is 0.793. The Morgan fingerprint density at radius 3 is 3.19 bits per heavy atom. The van der Waals surface area contributed by atoms with Gasteiger partial charge in [0.1, 0.15) is 5.15 Å². The first-order chi connectivity index (χ1) is 7.75. The monoisotopic (exact) mass is 301 g/mol. The Labute approximate surface area is 106 Å². The highest BCUT2D eigenvalue weighted by atomic mass is 79.9. The van der Waals surface area contributed by atoms with Gasteiger partial charge < -0.3 is 4.74 Å². The van der Waals surface area contributed by atoms with Crippen LogP contribution in [-0.2, 0) is 4.74 Å². The Balaban J connectivity index is 2.14. The average Bonchev–Trinajstić information content (AvgIpc) is 2.89. The highest BCUT2D eigenvalue weighted by Crippen LogP contribution is 2.33. The van der Waals surface area contributed by atoms with Gasteiger partial charge in [-0.2, -0.15) is 5.10 Å². The minimum atomic E-state index is 0.0624. The van der Waals surface area contributed by atoms with E-state index in [-0.39, 0.29) is 6.10 Å². The maximum absolute atomic E-state index is 6.16. The van der Waals surface area contributed by atoms with Crippen molar-refractivity contribution in [2.75, 3.05) is 6.61 Å². The summed E-state index contributed by atoms with van der Waals surface area (Å²) < 4.78 is 8.15. The zero-order chi connectivity index (χ0) is 11.1. The first-order valence-corrected chi connectivity index (χ1v) is 6.23. The van der Waals surface area contributed by atoms with Crippen LogP contribution in [0.2, 0.25) is 5.15 Å². The molecule has 1 saturated heterocycles. The molecule has 1 unspecified atom stereocenters. The molecule has 0 bridgehead atoms. The zero-order valence-corrected chi connectivity index (χ0v) is 10.7. The van der Waals surface area contributed by atoms with Crippen molar-refractivity contribution in [1.29, 1.82) is 0 Å². The molecule has 1 aliphatic heterocycles. The normalized spacial score (nSPS) is 20.8. The molecule has 0 spiro atoms. The van der Waals surface area contributed by atoms with Gasteiger partial charge in [0, 0.05) is 18.4 Å². The first kappa shape index (κ1) is 10.5. The second-order valence-corrected chi connectivity index (χ2v) is 4.96. The van der Waals surface area contributed by atoms with Crippen LogP contribution in [0.25, 0.3) is 5.65 Å².